The highest BCUT2D eigenvalue weighted by atomic mass is 35.5. The maximum atomic E-state index is 13.4. The summed E-state index contributed by atoms with van der Waals surface area (Å²) in [7, 11) is 0. The van der Waals surface area contributed by atoms with E-state index in [4.69, 9.17) is 32.2 Å². The van der Waals surface area contributed by atoms with E-state index < -0.39 is 23.6 Å². The van der Waals surface area contributed by atoms with Gasteiger partial charge >= 0.3 is 0 Å². The van der Waals surface area contributed by atoms with Crippen molar-refractivity contribution in [1.82, 2.24) is 20.5 Å². The number of hydrogen-bond donors (Lipinski definition) is 4. The van der Waals surface area contributed by atoms with Crippen molar-refractivity contribution in [2.24, 2.45) is 5.73 Å². The van der Waals surface area contributed by atoms with Crippen molar-refractivity contribution in [3.05, 3.63) is 75.1 Å². The number of rotatable bonds is 8. The summed E-state index contributed by atoms with van der Waals surface area (Å²) in [5.41, 5.74) is 8.05. The minimum absolute atomic E-state index is 0.0485. The molecular weight excluding hydrogens is 568 g/mol. The molecule has 1 aromatic carbocycles. The van der Waals surface area contributed by atoms with Crippen LogP contribution < -0.4 is 16.4 Å². The Bertz CT molecular complexity index is 1460. The Morgan fingerprint density at radius 2 is 1.93 bits per heavy atom. The fourth-order valence-electron chi connectivity index (χ4n) is 4.84. The highest BCUT2D eigenvalue weighted by molar-refractivity contribution is 7.10. The summed E-state index contributed by atoms with van der Waals surface area (Å²) in [4.78, 5) is 46.0. The van der Waals surface area contributed by atoms with Crippen LogP contribution in [-0.2, 0) is 19.1 Å². The van der Waals surface area contributed by atoms with Crippen LogP contribution in [0.4, 0.5) is 0 Å². The number of likely N-dealkylation sites (tertiary alicyclic amines) is 1. The molecule has 2 aliphatic rings. The summed E-state index contributed by atoms with van der Waals surface area (Å²) < 4.78 is 11.6. The number of ether oxygens (including phenoxy) is 2. The molecule has 5 N–H and O–H groups in total. The smallest absolute Gasteiger partial charge is 0.251 e. The molecule has 2 saturated heterocycles. The van der Waals surface area contributed by atoms with Gasteiger partial charge < -0.3 is 30.7 Å². The minimum Gasteiger partial charge on any atom is -0.384 e. The molecule has 11 nitrogen and oxygen atoms in total. The number of nitrogens with one attached hydrogen (secondary N) is 3. The fourth-order valence-corrected chi connectivity index (χ4v) is 5.87. The second-order valence-electron chi connectivity index (χ2n) is 9.85. The topological polar surface area (TPSA) is 160 Å². The Kier molecular flexibility index (Phi) is 8.36. The van der Waals surface area contributed by atoms with E-state index in [1.54, 1.807) is 54.0 Å². The molecule has 214 valence electrons. The number of aromatic nitrogens is 1. The zero-order valence-electron chi connectivity index (χ0n) is 22.2. The number of amidine groups is 1. The van der Waals surface area contributed by atoms with Crippen molar-refractivity contribution in [2.45, 2.75) is 31.2 Å². The third kappa shape index (κ3) is 6.41. The van der Waals surface area contributed by atoms with Gasteiger partial charge in [-0.2, -0.15) is 0 Å². The van der Waals surface area contributed by atoms with Crippen LogP contribution >= 0.6 is 22.9 Å². The highest BCUT2D eigenvalue weighted by Gasteiger charge is 2.52. The van der Waals surface area contributed by atoms with Crippen molar-refractivity contribution in [1.29, 1.82) is 5.41 Å². The van der Waals surface area contributed by atoms with Crippen LogP contribution in [0.2, 0.25) is 5.02 Å². The predicted octanol–water partition coefficient (Wildman–Crippen LogP) is 2.70. The number of carbonyl (C=O) groups excluding carboxylic acids is 3. The zero-order chi connectivity index (χ0) is 29.1. The maximum absolute atomic E-state index is 13.4. The normalized spacial score (nSPS) is 18.3. The first kappa shape index (κ1) is 28.7. The van der Waals surface area contributed by atoms with Crippen molar-refractivity contribution >= 4 is 46.5 Å². The van der Waals surface area contributed by atoms with Crippen LogP contribution in [0.3, 0.4) is 0 Å². The van der Waals surface area contributed by atoms with Gasteiger partial charge in [-0.25, -0.2) is 0 Å². The van der Waals surface area contributed by atoms with Crippen LogP contribution in [0.25, 0.3) is 11.3 Å². The van der Waals surface area contributed by atoms with Crippen LogP contribution in [-0.4, -0.2) is 71.6 Å². The van der Waals surface area contributed by atoms with Gasteiger partial charge in [-0.15, -0.1) is 11.3 Å². The van der Waals surface area contributed by atoms with E-state index in [9.17, 15) is 14.4 Å². The molecule has 0 unspecified atom stereocenters. The average molecular weight is 597 g/mol. The minimum atomic E-state index is -1.05. The van der Waals surface area contributed by atoms with E-state index in [1.807, 2.05) is 6.92 Å². The van der Waals surface area contributed by atoms with Crippen LogP contribution in [0.15, 0.2) is 54.0 Å². The van der Waals surface area contributed by atoms with E-state index in [2.05, 4.69) is 15.6 Å². The lowest BCUT2D eigenvalue weighted by Gasteiger charge is -2.25. The van der Waals surface area contributed by atoms with E-state index in [0.717, 1.165) is 10.4 Å². The van der Waals surface area contributed by atoms with Crippen LogP contribution in [0, 0.1) is 5.41 Å². The van der Waals surface area contributed by atoms with Gasteiger partial charge in [0.2, 0.25) is 11.8 Å². The van der Waals surface area contributed by atoms with Crippen molar-refractivity contribution in [3.63, 3.8) is 0 Å². The summed E-state index contributed by atoms with van der Waals surface area (Å²) in [5.74, 6) is -2.32. The summed E-state index contributed by atoms with van der Waals surface area (Å²) in [5, 5.41) is 15.5. The number of carbonyl (C=O) groups is 3. The SMILES string of the molecule is C[C@H](NC(=O)[C@@H]1CC2(CN1C(=O)CNC(=O)c1ccc(-c3ccc(Cl)cn3)cc1)OCCO2)c1cc(C(=N)N)cs1. The van der Waals surface area contributed by atoms with Crippen molar-refractivity contribution in [2.75, 3.05) is 26.3 Å². The van der Waals surface area contributed by atoms with Crippen LogP contribution in [0.1, 0.15) is 40.2 Å². The first-order valence-corrected chi connectivity index (χ1v) is 14.2. The number of thiophene rings is 1. The average Bonchev–Trinajstić information content (AvgIpc) is 3.73. The third-order valence-corrected chi connectivity index (χ3v) is 8.35. The van der Waals surface area contributed by atoms with Gasteiger partial charge in [-0.1, -0.05) is 23.7 Å². The molecule has 13 heteroatoms. The molecule has 0 radical (unpaired) electrons. The monoisotopic (exact) mass is 596 g/mol. The van der Waals surface area contributed by atoms with Gasteiger partial charge in [0, 0.05) is 39.6 Å². The molecule has 2 aromatic heterocycles. The molecule has 41 heavy (non-hydrogen) atoms. The summed E-state index contributed by atoms with van der Waals surface area (Å²) in [6.45, 7) is 2.33. The van der Waals surface area contributed by atoms with Gasteiger partial charge in [0.1, 0.15) is 11.9 Å². The van der Waals surface area contributed by atoms with Crippen LogP contribution in [0.5, 0.6) is 0 Å². The maximum Gasteiger partial charge on any atom is 0.251 e. The summed E-state index contributed by atoms with van der Waals surface area (Å²) in [6.07, 6.45) is 1.72. The van der Waals surface area contributed by atoms with Gasteiger partial charge in [0.25, 0.3) is 5.91 Å². The predicted molar refractivity (Wildman–Crippen MR) is 154 cm³/mol. The first-order valence-electron chi connectivity index (χ1n) is 12.9. The quantitative estimate of drug-likeness (QED) is 0.230. The van der Waals surface area contributed by atoms with E-state index >= 15 is 0 Å². The van der Waals surface area contributed by atoms with E-state index in [-0.39, 0.29) is 37.3 Å². The van der Waals surface area contributed by atoms with Crippen molar-refractivity contribution < 1.29 is 23.9 Å². The van der Waals surface area contributed by atoms with Crippen molar-refractivity contribution in [3.8, 4) is 11.3 Å². The second kappa shape index (κ2) is 12.0. The van der Waals surface area contributed by atoms with Gasteiger partial charge in [-0.3, -0.25) is 24.8 Å². The molecule has 2 fully saturated rings. The molecule has 0 aliphatic carbocycles. The standard InChI is InChI=1S/C28H29ClN6O5S/c1-16(23-10-19(14-41-23)25(30)31)34-27(38)22-11-28(39-8-9-40-28)15-35(22)24(36)13-33-26(37)18-4-2-17(3-5-18)21-7-6-20(29)12-32-21/h2-7,10,12,14,16,22H,8-9,11,13,15H2,1H3,(H3,30,31)(H,33,37)(H,34,38)/t16-,22-/m0/s1. The summed E-state index contributed by atoms with van der Waals surface area (Å²) in [6, 6.07) is 10.9. The Balaban J connectivity index is 1.22. The Labute approximate surface area is 245 Å². The molecule has 2 atom stereocenters. The van der Waals surface area contributed by atoms with Gasteiger partial charge in [-0.05, 0) is 37.3 Å². The Morgan fingerprint density at radius 3 is 2.56 bits per heavy atom. The molecule has 3 aromatic rings. The Morgan fingerprint density at radius 1 is 1.20 bits per heavy atom. The fraction of sp³-hybridized carbons (Fsp3) is 0.321. The van der Waals surface area contributed by atoms with E-state index in [1.165, 1.54) is 16.2 Å². The number of nitrogens with zero attached hydrogens (tertiary/aromatic N) is 2. The van der Waals surface area contributed by atoms with E-state index in [0.29, 0.717) is 35.1 Å². The lowest BCUT2D eigenvalue weighted by molar-refractivity contribution is -0.152. The third-order valence-electron chi connectivity index (χ3n) is 7.02. The number of nitrogens with two attached hydrogens (primary N) is 1. The first-order chi connectivity index (χ1) is 19.6. The molecular formula is C28H29ClN6O5S. The number of amides is 3. The largest absolute Gasteiger partial charge is 0.384 e. The number of nitrogen functional groups attached to an aromatic ring is 1. The van der Waals surface area contributed by atoms with Gasteiger partial charge in [0.05, 0.1) is 43.1 Å². The van der Waals surface area contributed by atoms with Gasteiger partial charge in [0.15, 0.2) is 5.79 Å². The molecule has 2 aliphatic heterocycles. The zero-order valence-corrected chi connectivity index (χ0v) is 23.8. The lowest BCUT2D eigenvalue weighted by atomic mass is 10.1. The second-order valence-corrected chi connectivity index (χ2v) is 11.2. The molecule has 0 bridgehead atoms. The molecule has 4 heterocycles. The lowest BCUT2D eigenvalue weighted by Crippen LogP contribution is -2.49. The molecule has 3 amide bonds. The summed E-state index contributed by atoms with van der Waals surface area (Å²) >= 11 is 7.28. The number of hydrogen-bond acceptors (Lipinski definition) is 8. The number of benzene rings is 1. The number of halogens is 1. The molecule has 5 rings (SSSR count). The highest BCUT2D eigenvalue weighted by Crippen LogP contribution is 2.35. The number of pyridine rings is 1. The molecule has 0 saturated carbocycles. The Hall–Kier alpha value is -3.84. The molecule has 1 spiro atoms.